The van der Waals surface area contributed by atoms with Gasteiger partial charge in [-0.15, -0.1) is 0 Å². The molecule has 1 unspecified atom stereocenters. The number of benzene rings is 1. The summed E-state index contributed by atoms with van der Waals surface area (Å²) in [6.45, 7) is 15.8. The molecule has 2 rings (SSSR count). The van der Waals surface area contributed by atoms with E-state index < -0.39 is 5.41 Å². The summed E-state index contributed by atoms with van der Waals surface area (Å²) in [5.41, 5.74) is 3.63. The summed E-state index contributed by atoms with van der Waals surface area (Å²) in [5, 5.41) is 6.27. The molecule has 0 aromatic heterocycles. The zero-order valence-corrected chi connectivity index (χ0v) is 20.4. The van der Waals surface area contributed by atoms with Crippen LogP contribution in [0.1, 0.15) is 56.2 Å². The first-order chi connectivity index (χ1) is 15.2. The van der Waals surface area contributed by atoms with Crippen molar-refractivity contribution in [2.75, 3.05) is 33.7 Å². The van der Waals surface area contributed by atoms with E-state index in [1.165, 1.54) is 0 Å². The van der Waals surface area contributed by atoms with E-state index in [9.17, 15) is 4.79 Å². The molecule has 1 aromatic rings. The van der Waals surface area contributed by atoms with Crippen LogP contribution in [-0.2, 0) is 16.6 Å². The summed E-state index contributed by atoms with van der Waals surface area (Å²) in [5.74, 6) is 0.332. The lowest BCUT2D eigenvalue weighted by molar-refractivity contribution is -0.118. The largest absolute Gasteiger partial charge is 0.359 e. The Bertz CT molecular complexity index is 892. The molecule has 0 spiro atoms. The Morgan fingerprint density at radius 2 is 2.00 bits per heavy atom. The minimum Gasteiger partial charge on any atom is -0.359 e. The van der Waals surface area contributed by atoms with Crippen molar-refractivity contribution in [2.45, 2.75) is 58.3 Å². The number of carbonyl (C=O) groups is 1. The average Bonchev–Trinajstić information content (AvgIpc) is 2.75. The van der Waals surface area contributed by atoms with Crippen LogP contribution < -0.4 is 10.6 Å². The second-order valence-electron chi connectivity index (χ2n) is 8.84. The van der Waals surface area contributed by atoms with Gasteiger partial charge in [-0.2, -0.15) is 0 Å². The molecule has 1 amide bonds. The topological polar surface area (TPSA) is 56.7 Å². The molecule has 0 radical (unpaired) electrons. The maximum Gasteiger partial charge on any atom is 0.250 e. The highest BCUT2D eigenvalue weighted by Crippen LogP contribution is 2.42. The number of hydrogen-bond acceptors (Lipinski definition) is 4. The second kappa shape index (κ2) is 11.4. The Hall–Kier alpha value is -2.47. The predicted molar refractivity (Wildman–Crippen MR) is 132 cm³/mol. The molecule has 6 heteroatoms. The standard InChI is InChI=1S/C26H39FN4O/c1-8-20-16-19(4)17-22(27)23(20)26(18(2)3,11-13-28-5)12-14-30-25(32)21-10-9-15-31(7)24(21)29-6/h16-17,28H,2,6,8-15H2,1,3-5,7H3,(H,30,32). The summed E-state index contributed by atoms with van der Waals surface area (Å²) < 4.78 is 15.4. The molecule has 2 N–H and O–H groups in total. The van der Waals surface area contributed by atoms with E-state index in [4.69, 9.17) is 0 Å². The van der Waals surface area contributed by atoms with Crippen molar-refractivity contribution < 1.29 is 9.18 Å². The Balaban J connectivity index is 2.36. The van der Waals surface area contributed by atoms with Gasteiger partial charge >= 0.3 is 0 Å². The van der Waals surface area contributed by atoms with Crippen LogP contribution in [0.4, 0.5) is 4.39 Å². The van der Waals surface area contributed by atoms with E-state index in [1.807, 2.05) is 32.8 Å². The highest BCUT2D eigenvalue weighted by atomic mass is 19.1. The molecule has 0 saturated heterocycles. The summed E-state index contributed by atoms with van der Waals surface area (Å²) in [6.07, 6.45) is 3.60. The minimum absolute atomic E-state index is 0.122. The number of aryl methyl sites for hydroxylation is 2. The molecule has 0 aliphatic carbocycles. The van der Waals surface area contributed by atoms with Crippen LogP contribution in [0.25, 0.3) is 0 Å². The van der Waals surface area contributed by atoms with Gasteiger partial charge in [0, 0.05) is 31.1 Å². The Kier molecular flexibility index (Phi) is 9.20. The highest BCUT2D eigenvalue weighted by molar-refractivity contribution is 5.94. The third-order valence-electron chi connectivity index (χ3n) is 6.61. The van der Waals surface area contributed by atoms with E-state index in [2.05, 4.69) is 41.9 Å². The van der Waals surface area contributed by atoms with E-state index >= 15 is 4.39 Å². The van der Waals surface area contributed by atoms with Gasteiger partial charge in [-0.1, -0.05) is 25.1 Å². The maximum atomic E-state index is 15.4. The molecule has 32 heavy (non-hydrogen) atoms. The predicted octanol–water partition coefficient (Wildman–Crippen LogP) is 4.26. The first kappa shape index (κ1) is 25.8. The van der Waals surface area contributed by atoms with Gasteiger partial charge in [-0.05, 0) is 83.5 Å². The zero-order chi connectivity index (χ0) is 23.9. The van der Waals surface area contributed by atoms with E-state index in [0.29, 0.717) is 42.8 Å². The van der Waals surface area contributed by atoms with Crippen LogP contribution in [0, 0.1) is 12.7 Å². The summed E-state index contributed by atoms with van der Waals surface area (Å²) >= 11 is 0. The monoisotopic (exact) mass is 442 g/mol. The number of halogens is 1. The van der Waals surface area contributed by atoms with Crippen LogP contribution >= 0.6 is 0 Å². The number of rotatable bonds is 11. The smallest absolute Gasteiger partial charge is 0.250 e. The fraction of sp³-hybridized carbons (Fsp3) is 0.538. The third-order valence-corrected chi connectivity index (χ3v) is 6.61. The van der Waals surface area contributed by atoms with Crippen molar-refractivity contribution in [1.29, 1.82) is 0 Å². The van der Waals surface area contributed by atoms with Gasteiger partial charge in [0.05, 0.1) is 5.57 Å². The number of carbonyl (C=O) groups excluding carboxylic acids is 1. The molecule has 176 valence electrons. The minimum atomic E-state index is -0.573. The van der Waals surface area contributed by atoms with Crippen molar-refractivity contribution in [3.05, 3.63) is 58.2 Å². The molecular weight excluding hydrogens is 403 g/mol. The number of hydrogen-bond donors (Lipinski definition) is 2. The molecule has 1 atom stereocenters. The summed E-state index contributed by atoms with van der Waals surface area (Å²) in [4.78, 5) is 19.0. The molecule has 1 aromatic carbocycles. The molecule has 1 heterocycles. The van der Waals surface area contributed by atoms with Crippen molar-refractivity contribution in [1.82, 2.24) is 15.5 Å². The number of amides is 1. The van der Waals surface area contributed by atoms with E-state index in [1.54, 1.807) is 6.07 Å². The Labute approximate surface area is 192 Å². The van der Waals surface area contributed by atoms with Crippen LogP contribution in [0.5, 0.6) is 0 Å². The number of nitrogens with one attached hydrogen (secondary N) is 2. The quantitative estimate of drug-likeness (QED) is 0.398. The van der Waals surface area contributed by atoms with Gasteiger partial charge < -0.3 is 15.5 Å². The van der Waals surface area contributed by atoms with Crippen LogP contribution in [0.3, 0.4) is 0 Å². The Morgan fingerprint density at radius 1 is 1.31 bits per heavy atom. The van der Waals surface area contributed by atoms with Gasteiger partial charge in [0.2, 0.25) is 0 Å². The number of allylic oxidation sites excluding steroid dienone is 1. The van der Waals surface area contributed by atoms with Gasteiger partial charge in [0.25, 0.3) is 5.91 Å². The fourth-order valence-corrected chi connectivity index (χ4v) is 4.85. The van der Waals surface area contributed by atoms with Gasteiger partial charge in [-0.25, -0.2) is 9.38 Å². The molecule has 1 aliphatic heterocycles. The molecule has 0 bridgehead atoms. The summed E-state index contributed by atoms with van der Waals surface area (Å²) in [7, 11) is 3.82. The van der Waals surface area contributed by atoms with Gasteiger partial charge in [0.1, 0.15) is 11.6 Å². The summed E-state index contributed by atoms with van der Waals surface area (Å²) in [6, 6.07) is 3.67. The first-order valence-electron chi connectivity index (χ1n) is 11.5. The number of nitrogens with zero attached hydrogens (tertiary/aromatic N) is 2. The van der Waals surface area contributed by atoms with Crippen molar-refractivity contribution in [2.24, 2.45) is 4.99 Å². The molecule has 1 aliphatic rings. The van der Waals surface area contributed by atoms with Gasteiger partial charge in [0.15, 0.2) is 0 Å². The van der Waals surface area contributed by atoms with E-state index in [0.717, 1.165) is 42.6 Å². The highest BCUT2D eigenvalue weighted by Gasteiger charge is 2.37. The average molecular weight is 443 g/mol. The van der Waals surface area contributed by atoms with Crippen LogP contribution in [-0.4, -0.2) is 51.3 Å². The molecular formula is C26H39FN4O. The maximum absolute atomic E-state index is 15.4. The molecule has 0 saturated carbocycles. The van der Waals surface area contributed by atoms with Gasteiger partial charge in [-0.3, -0.25) is 4.79 Å². The van der Waals surface area contributed by atoms with Crippen molar-refractivity contribution in [3.63, 3.8) is 0 Å². The lowest BCUT2D eigenvalue weighted by atomic mass is 9.68. The molecule has 0 fully saturated rings. The lowest BCUT2D eigenvalue weighted by Crippen LogP contribution is -2.39. The fourth-order valence-electron chi connectivity index (χ4n) is 4.85. The zero-order valence-electron chi connectivity index (χ0n) is 20.4. The second-order valence-corrected chi connectivity index (χ2v) is 8.84. The third kappa shape index (κ3) is 5.47. The van der Waals surface area contributed by atoms with Crippen molar-refractivity contribution in [3.8, 4) is 0 Å². The van der Waals surface area contributed by atoms with Crippen LogP contribution in [0.15, 0.2) is 40.7 Å². The van der Waals surface area contributed by atoms with E-state index in [-0.39, 0.29) is 11.7 Å². The molecule has 5 nitrogen and oxygen atoms in total. The number of aliphatic imine (C=N–C) groups is 1. The first-order valence-corrected chi connectivity index (χ1v) is 11.5. The van der Waals surface area contributed by atoms with Crippen molar-refractivity contribution >= 4 is 12.6 Å². The SMILES string of the molecule is C=NC1=C(C(=O)NCCC(CCNC)(C(=C)C)c2c(F)cc(C)cc2CC)CCCN1C. The normalized spacial score (nSPS) is 16.0. The Morgan fingerprint density at radius 3 is 2.59 bits per heavy atom. The van der Waals surface area contributed by atoms with Crippen LogP contribution in [0.2, 0.25) is 0 Å². The lowest BCUT2D eigenvalue weighted by Gasteiger charge is -2.38.